The summed E-state index contributed by atoms with van der Waals surface area (Å²) in [5.41, 5.74) is 9.83. The maximum Gasteiger partial charge on any atom is 0.272 e. The molecule has 48 heavy (non-hydrogen) atoms. The largest absolute Gasteiger partial charge is 0.366 e. The molecule has 4 amide bonds. The Morgan fingerprint density at radius 2 is 1.38 bits per heavy atom. The molecule has 240 valence electrons. The highest BCUT2D eigenvalue weighted by Gasteiger charge is 2.21. The first-order valence-electron chi connectivity index (χ1n) is 15.3. The molecular formula is C39H34N4O4S. The second-order valence-corrected chi connectivity index (χ2v) is 12.0. The third-order valence-electron chi connectivity index (χ3n) is 7.34. The molecule has 5 N–H and O–H groups in total. The van der Waals surface area contributed by atoms with E-state index in [1.807, 2.05) is 73.7 Å². The highest BCUT2D eigenvalue weighted by atomic mass is 32.2. The van der Waals surface area contributed by atoms with Crippen LogP contribution in [0.1, 0.15) is 39.6 Å². The standard InChI is InChI=1S/C39H34N4O4S/c1-2-35(39(47)42-33-19-10-9-18-32(33)36(40)44)48-31-17-11-16-30(25-31)41-38(46)34(43-37(45)29-14-7-4-8-15-29)24-26-20-22-28(23-21-26)27-12-5-3-6-13-27/h3-25,35H,2H2,1H3,(H2,40,44)(H,41,46)(H,42,47)(H,43,45)/b34-24+. The molecular weight excluding hydrogens is 621 g/mol. The van der Waals surface area contributed by atoms with Crippen molar-refractivity contribution in [2.24, 2.45) is 5.73 Å². The van der Waals surface area contributed by atoms with Gasteiger partial charge in [0.2, 0.25) is 5.91 Å². The van der Waals surface area contributed by atoms with E-state index in [2.05, 4.69) is 16.0 Å². The molecule has 0 aliphatic heterocycles. The molecule has 0 radical (unpaired) electrons. The fourth-order valence-corrected chi connectivity index (χ4v) is 5.88. The molecule has 5 rings (SSSR count). The number of anilines is 2. The van der Waals surface area contributed by atoms with Gasteiger partial charge in [0, 0.05) is 16.1 Å². The van der Waals surface area contributed by atoms with Gasteiger partial charge in [0.05, 0.1) is 16.5 Å². The molecule has 5 aromatic carbocycles. The summed E-state index contributed by atoms with van der Waals surface area (Å²) >= 11 is 1.33. The van der Waals surface area contributed by atoms with Crippen LogP contribution in [0, 0.1) is 0 Å². The highest BCUT2D eigenvalue weighted by Crippen LogP contribution is 2.29. The number of nitrogens with two attached hydrogens (primary N) is 1. The SMILES string of the molecule is CCC(Sc1cccc(NC(=O)/C(=C\c2ccc(-c3ccccc3)cc2)NC(=O)c2ccccc2)c1)C(=O)Nc1ccccc1C(N)=O. The number of hydrogen-bond acceptors (Lipinski definition) is 5. The minimum absolute atomic E-state index is 0.0632. The molecule has 0 aliphatic carbocycles. The van der Waals surface area contributed by atoms with E-state index < -0.39 is 23.0 Å². The van der Waals surface area contributed by atoms with E-state index in [0.29, 0.717) is 23.4 Å². The first kappa shape index (κ1) is 33.4. The van der Waals surface area contributed by atoms with Crippen molar-refractivity contribution in [3.63, 3.8) is 0 Å². The van der Waals surface area contributed by atoms with E-state index in [9.17, 15) is 19.2 Å². The van der Waals surface area contributed by atoms with Crippen LogP contribution >= 0.6 is 11.8 Å². The molecule has 0 heterocycles. The zero-order valence-electron chi connectivity index (χ0n) is 26.2. The number of thioether (sulfide) groups is 1. The van der Waals surface area contributed by atoms with Gasteiger partial charge in [-0.15, -0.1) is 11.8 Å². The van der Waals surface area contributed by atoms with Crippen LogP contribution in [0.4, 0.5) is 11.4 Å². The number of para-hydroxylation sites is 1. The van der Waals surface area contributed by atoms with Crippen LogP contribution in [-0.2, 0) is 9.59 Å². The highest BCUT2D eigenvalue weighted by molar-refractivity contribution is 8.00. The fraction of sp³-hybridized carbons (Fsp3) is 0.0769. The number of primary amides is 1. The Labute approximate surface area is 283 Å². The molecule has 8 nitrogen and oxygen atoms in total. The number of nitrogens with one attached hydrogen (secondary N) is 3. The van der Waals surface area contributed by atoms with Gasteiger partial charge < -0.3 is 21.7 Å². The van der Waals surface area contributed by atoms with E-state index in [1.165, 1.54) is 11.8 Å². The van der Waals surface area contributed by atoms with Gasteiger partial charge in [-0.1, -0.05) is 97.9 Å². The van der Waals surface area contributed by atoms with Crippen LogP contribution < -0.4 is 21.7 Å². The molecule has 0 spiro atoms. The summed E-state index contributed by atoms with van der Waals surface area (Å²) < 4.78 is 0. The smallest absolute Gasteiger partial charge is 0.272 e. The lowest BCUT2D eigenvalue weighted by atomic mass is 10.0. The van der Waals surface area contributed by atoms with E-state index >= 15 is 0 Å². The van der Waals surface area contributed by atoms with E-state index in [1.54, 1.807) is 72.8 Å². The van der Waals surface area contributed by atoms with Gasteiger partial charge in [0.1, 0.15) is 5.70 Å². The van der Waals surface area contributed by atoms with Crippen LogP contribution in [0.15, 0.2) is 144 Å². The summed E-state index contributed by atoms with van der Waals surface area (Å²) in [6.07, 6.45) is 2.14. The number of carbonyl (C=O) groups excluding carboxylic acids is 4. The zero-order valence-corrected chi connectivity index (χ0v) is 27.0. The molecule has 0 bridgehead atoms. The van der Waals surface area contributed by atoms with E-state index in [4.69, 9.17) is 5.73 Å². The lowest BCUT2D eigenvalue weighted by Gasteiger charge is -2.17. The number of carbonyl (C=O) groups is 4. The van der Waals surface area contributed by atoms with Gasteiger partial charge in [-0.2, -0.15) is 0 Å². The van der Waals surface area contributed by atoms with Crippen LogP contribution in [0.25, 0.3) is 17.2 Å². The second-order valence-electron chi connectivity index (χ2n) is 10.8. The maximum atomic E-state index is 13.7. The first-order valence-corrected chi connectivity index (χ1v) is 16.2. The van der Waals surface area contributed by atoms with Gasteiger partial charge in [-0.25, -0.2) is 0 Å². The normalized spacial score (nSPS) is 11.6. The van der Waals surface area contributed by atoms with Crippen molar-refractivity contribution in [2.45, 2.75) is 23.5 Å². The molecule has 0 fully saturated rings. The Bertz CT molecular complexity index is 1940. The van der Waals surface area contributed by atoms with Crippen molar-refractivity contribution in [3.05, 3.63) is 156 Å². The predicted octanol–water partition coefficient (Wildman–Crippen LogP) is 7.37. The van der Waals surface area contributed by atoms with E-state index in [-0.39, 0.29) is 17.2 Å². The summed E-state index contributed by atoms with van der Waals surface area (Å²) in [4.78, 5) is 52.5. The third kappa shape index (κ3) is 8.86. The van der Waals surface area contributed by atoms with Crippen LogP contribution in [0.5, 0.6) is 0 Å². The zero-order chi connectivity index (χ0) is 33.9. The van der Waals surface area contributed by atoms with Crippen LogP contribution in [0.2, 0.25) is 0 Å². The van der Waals surface area contributed by atoms with Crippen LogP contribution in [-0.4, -0.2) is 28.9 Å². The molecule has 0 aromatic heterocycles. The number of benzene rings is 5. The monoisotopic (exact) mass is 654 g/mol. The Morgan fingerprint density at radius 1 is 0.729 bits per heavy atom. The number of hydrogen-bond donors (Lipinski definition) is 4. The molecule has 0 aliphatic rings. The fourth-order valence-electron chi connectivity index (χ4n) is 4.86. The summed E-state index contributed by atoms with van der Waals surface area (Å²) in [6.45, 7) is 1.89. The van der Waals surface area contributed by atoms with Crippen molar-refractivity contribution in [1.82, 2.24) is 5.32 Å². The first-order chi connectivity index (χ1) is 23.3. The lowest BCUT2D eigenvalue weighted by molar-refractivity contribution is -0.116. The molecule has 0 saturated carbocycles. The Kier molecular flexibility index (Phi) is 11.2. The Hall–Kier alpha value is -5.93. The van der Waals surface area contributed by atoms with Gasteiger partial charge in [0.25, 0.3) is 17.7 Å². The topological polar surface area (TPSA) is 130 Å². The van der Waals surface area contributed by atoms with Gasteiger partial charge in [-0.3, -0.25) is 19.2 Å². The molecule has 9 heteroatoms. The average Bonchev–Trinajstić information content (AvgIpc) is 3.11. The molecule has 1 unspecified atom stereocenters. The Balaban J connectivity index is 1.33. The van der Waals surface area contributed by atoms with Crippen molar-refractivity contribution < 1.29 is 19.2 Å². The minimum atomic E-state index is -0.632. The van der Waals surface area contributed by atoms with E-state index in [0.717, 1.165) is 21.6 Å². The quantitative estimate of drug-likeness (QED) is 0.0825. The van der Waals surface area contributed by atoms with Crippen molar-refractivity contribution >= 4 is 52.8 Å². The predicted molar refractivity (Wildman–Crippen MR) is 192 cm³/mol. The van der Waals surface area contributed by atoms with Gasteiger partial charge >= 0.3 is 0 Å². The molecule has 0 saturated heterocycles. The van der Waals surface area contributed by atoms with Crippen molar-refractivity contribution in [1.29, 1.82) is 0 Å². The third-order valence-corrected chi connectivity index (χ3v) is 8.70. The average molecular weight is 655 g/mol. The summed E-state index contributed by atoms with van der Waals surface area (Å²) in [6, 6.07) is 40.0. The van der Waals surface area contributed by atoms with Crippen molar-refractivity contribution in [2.75, 3.05) is 10.6 Å². The maximum absolute atomic E-state index is 13.7. The van der Waals surface area contributed by atoms with Gasteiger partial charge in [-0.05, 0) is 71.7 Å². The minimum Gasteiger partial charge on any atom is -0.366 e. The summed E-state index contributed by atoms with van der Waals surface area (Å²) in [5, 5.41) is 7.99. The number of amides is 4. The number of rotatable bonds is 12. The molecule has 1 atom stereocenters. The van der Waals surface area contributed by atoms with Gasteiger partial charge in [0.15, 0.2) is 0 Å². The van der Waals surface area contributed by atoms with Crippen LogP contribution in [0.3, 0.4) is 0 Å². The summed E-state index contributed by atoms with van der Waals surface area (Å²) in [7, 11) is 0. The second kappa shape index (κ2) is 16.1. The van der Waals surface area contributed by atoms with Crippen molar-refractivity contribution in [3.8, 4) is 11.1 Å². The molecule has 5 aromatic rings. The Morgan fingerprint density at radius 3 is 2.06 bits per heavy atom. The summed E-state index contributed by atoms with van der Waals surface area (Å²) in [5.74, 6) is -1.84. The lowest BCUT2D eigenvalue weighted by Crippen LogP contribution is -2.30.